The molecule has 2 rings (SSSR count). The lowest BCUT2D eigenvalue weighted by molar-refractivity contribution is 0.385. The summed E-state index contributed by atoms with van der Waals surface area (Å²) < 4.78 is 0. The molecule has 1 fully saturated rings. The second kappa shape index (κ2) is 14.0. The van der Waals surface area contributed by atoms with Crippen LogP contribution in [0.1, 0.15) is 73.1 Å². The molecule has 1 aliphatic rings. The second-order valence-corrected chi connectivity index (χ2v) is 5.66. The Kier molecular flexibility index (Phi) is 13.3. The average molecular weight is 292 g/mol. The van der Waals surface area contributed by atoms with E-state index in [1.54, 1.807) is 0 Å². The highest BCUT2D eigenvalue weighted by Gasteiger charge is 2.06. The van der Waals surface area contributed by atoms with Crippen LogP contribution in [0.15, 0.2) is 30.3 Å². The Balaban J connectivity index is 0.000000377. The van der Waals surface area contributed by atoms with E-state index in [9.17, 15) is 0 Å². The van der Waals surface area contributed by atoms with Gasteiger partial charge in [0.2, 0.25) is 0 Å². The molecule has 1 nitrogen and oxygen atoms in total. The van der Waals surface area contributed by atoms with Gasteiger partial charge in [-0.15, -0.1) is 0 Å². The van der Waals surface area contributed by atoms with Crippen LogP contribution in [-0.2, 0) is 0 Å². The highest BCUT2D eigenvalue weighted by atomic mass is 15.1. The maximum absolute atomic E-state index is 2.39. The molecule has 0 spiro atoms. The van der Waals surface area contributed by atoms with Crippen LogP contribution < -0.4 is 4.90 Å². The van der Waals surface area contributed by atoms with Gasteiger partial charge in [0.05, 0.1) is 0 Å². The predicted octanol–water partition coefficient (Wildman–Crippen LogP) is 6.54. The largest absolute Gasteiger partial charge is 0.372 e. The number of anilines is 1. The fourth-order valence-electron chi connectivity index (χ4n) is 2.69. The molecule has 0 saturated heterocycles. The summed E-state index contributed by atoms with van der Waals surface area (Å²) in [5, 5.41) is 0. The summed E-state index contributed by atoms with van der Waals surface area (Å²) in [4.78, 5) is 2.39. The molecule has 1 aliphatic carbocycles. The zero-order valence-electron chi connectivity index (χ0n) is 15.1. The van der Waals surface area contributed by atoms with Crippen LogP contribution in [0.5, 0.6) is 0 Å². The van der Waals surface area contributed by atoms with Gasteiger partial charge in [-0.2, -0.15) is 0 Å². The van der Waals surface area contributed by atoms with Gasteiger partial charge in [0, 0.05) is 18.8 Å². The molecule has 1 aromatic rings. The number of benzene rings is 1. The molecule has 21 heavy (non-hydrogen) atoms. The first-order valence-corrected chi connectivity index (χ1v) is 9.07. The first kappa shape index (κ1) is 20.0. The number of rotatable bonds is 4. The van der Waals surface area contributed by atoms with E-state index in [4.69, 9.17) is 0 Å². The van der Waals surface area contributed by atoms with Crippen LogP contribution in [0.2, 0.25) is 0 Å². The third-order valence-corrected chi connectivity index (χ3v) is 3.89. The molecule has 1 saturated carbocycles. The van der Waals surface area contributed by atoms with E-state index < -0.39 is 0 Å². The molecule has 122 valence electrons. The minimum atomic E-state index is 1.04. The van der Waals surface area contributed by atoms with Crippen molar-refractivity contribution in [2.45, 2.75) is 73.1 Å². The molecule has 0 bridgehead atoms. The van der Waals surface area contributed by atoms with Crippen LogP contribution in [0.25, 0.3) is 0 Å². The molecule has 0 atom stereocenters. The van der Waals surface area contributed by atoms with Gasteiger partial charge in [0.1, 0.15) is 0 Å². The van der Waals surface area contributed by atoms with Gasteiger partial charge in [0.15, 0.2) is 0 Å². The fourth-order valence-corrected chi connectivity index (χ4v) is 2.69. The standard InChI is InChI=1S/C11H17N.C7H14.C2H6/c1-3-10-12(4-2)11-8-6-5-7-9-11;1-7-5-3-2-4-6-7;1-2/h5-9H,3-4,10H2,1-2H3;7H,2-6H2,1H3;1-2H3. The Hall–Kier alpha value is -0.980. The number of hydrogen-bond acceptors (Lipinski definition) is 1. The fraction of sp³-hybridized carbons (Fsp3) is 0.700. The highest BCUT2D eigenvalue weighted by Crippen LogP contribution is 2.22. The maximum atomic E-state index is 2.39. The quantitative estimate of drug-likeness (QED) is 0.609. The van der Waals surface area contributed by atoms with Crippen molar-refractivity contribution in [1.82, 2.24) is 0 Å². The molecule has 0 aromatic heterocycles. The van der Waals surface area contributed by atoms with Crippen molar-refractivity contribution in [3.8, 4) is 0 Å². The third-order valence-electron chi connectivity index (χ3n) is 3.89. The zero-order chi connectivity index (χ0) is 15.9. The van der Waals surface area contributed by atoms with E-state index >= 15 is 0 Å². The third kappa shape index (κ3) is 9.55. The molecule has 1 aromatic carbocycles. The summed E-state index contributed by atoms with van der Waals surface area (Å²) in [5.74, 6) is 1.04. The van der Waals surface area contributed by atoms with Gasteiger partial charge in [-0.25, -0.2) is 0 Å². The normalized spacial score (nSPS) is 14.3. The lowest BCUT2D eigenvalue weighted by atomic mass is 9.91. The lowest BCUT2D eigenvalue weighted by Crippen LogP contribution is -2.23. The first-order chi connectivity index (χ1) is 10.3. The average Bonchev–Trinajstić information content (AvgIpc) is 2.56. The van der Waals surface area contributed by atoms with Gasteiger partial charge >= 0.3 is 0 Å². The van der Waals surface area contributed by atoms with E-state index in [-0.39, 0.29) is 0 Å². The van der Waals surface area contributed by atoms with Crippen LogP contribution in [0.4, 0.5) is 5.69 Å². The summed E-state index contributed by atoms with van der Waals surface area (Å²) in [5.41, 5.74) is 1.34. The van der Waals surface area contributed by atoms with Crippen LogP contribution >= 0.6 is 0 Å². The van der Waals surface area contributed by atoms with E-state index in [0.717, 1.165) is 19.0 Å². The van der Waals surface area contributed by atoms with Crippen molar-refractivity contribution in [3.05, 3.63) is 30.3 Å². The van der Waals surface area contributed by atoms with Crippen LogP contribution in [-0.4, -0.2) is 13.1 Å². The molecular formula is C20H37N. The van der Waals surface area contributed by atoms with Crippen LogP contribution in [0.3, 0.4) is 0 Å². The van der Waals surface area contributed by atoms with Gasteiger partial charge in [-0.3, -0.25) is 0 Å². The predicted molar refractivity (Wildman–Crippen MR) is 98.2 cm³/mol. The Morgan fingerprint density at radius 3 is 1.90 bits per heavy atom. The Bertz CT molecular complexity index is 301. The summed E-state index contributed by atoms with van der Waals surface area (Å²) in [6.07, 6.45) is 8.65. The highest BCUT2D eigenvalue weighted by molar-refractivity contribution is 5.45. The van der Waals surface area contributed by atoms with Gasteiger partial charge < -0.3 is 4.90 Å². The van der Waals surface area contributed by atoms with E-state index in [1.165, 1.54) is 44.2 Å². The summed E-state index contributed by atoms with van der Waals surface area (Å²) in [6, 6.07) is 10.6. The molecule has 0 aliphatic heterocycles. The lowest BCUT2D eigenvalue weighted by Gasteiger charge is -2.21. The van der Waals surface area contributed by atoms with Crippen molar-refractivity contribution >= 4 is 5.69 Å². The Morgan fingerprint density at radius 2 is 1.52 bits per heavy atom. The molecule has 0 unspecified atom stereocenters. The van der Waals surface area contributed by atoms with Gasteiger partial charge in [-0.1, -0.05) is 78.0 Å². The summed E-state index contributed by atoms with van der Waals surface area (Å²) in [6.45, 7) is 13.0. The van der Waals surface area contributed by atoms with E-state index in [1.807, 2.05) is 13.8 Å². The monoisotopic (exact) mass is 291 g/mol. The van der Waals surface area contributed by atoms with Crippen LogP contribution in [0, 0.1) is 5.92 Å². The molecule has 0 N–H and O–H groups in total. The van der Waals surface area contributed by atoms with Crippen molar-refractivity contribution in [3.63, 3.8) is 0 Å². The Morgan fingerprint density at radius 1 is 0.952 bits per heavy atom. The molecule has 0 radical (unpaired) electrons. The maximum Gasteiger partial charge on any atom is 0.0366 e. The molecule has 0 amide bonds. The number of nitrogens with zero attached hydrogens (tertiary/aromatic N) is 1. The smallest absolute Gasteiger partial charge is 0.0366 e. The molecule has 0 heterocycles. The van der Waals surface area contributed by atoms with E-state index in [0.29, 0.717) is 0 Å². The van der Waals surface area contributed by atoms with Crippen molar-refractivity contribution in [1.29, 1.82) is 0 Å². The minimum absolute atomic E-state index is 1.04. The topological polar surface area (TPSA) is 3.24 Å². The molecule has 1 heteroatoms. The number of hydrogen-bond donors (Lipinski definition) is 0. The Labute approximate surface area is 133 Å². The van der Waals surface area contributed by atoms with Gasteiger partial charge in [-0.05, 0) is 31.4 Å². The zero-order valence-corrected chi connectivity index (χ0v) is 15.1. The summed E-state index contributed by atoms with van der Waals surface area (Å²) >= 11 is 0. The van der Waals surface area contributed by atoms with E-state index in [2.05, 4.69) is 56.0 Å². The van der Waals surface area contributed by atoms with Gasteiger partial charge in [0.25, 0.3) is 0 Å². The first-order valence-electron chi connectivity index (χ1n) is 9.07. The second-order valence-electron chi connectivity index (χ2n) is 5.66. The van der Waals surface area contributed by atoms with Crippen molar-refractivity contribution < 1.29 is 0 Å². The van der Waals surface area contributed by atoms with Crippen molar-refractivity contribution in [2.75, 3.05) is 18.0 Å². The molecular weight excluding hydrogens is 254 g/mol. The minimum Gasteiger partial charge on any atom is -0.372 e. The summed E-state index contributed by atoms with van der Waals surface area (Å²) in [7, 11) is 0. The SMILES string of the molecule is CC.CC1CCCCC1.CCCN(CC)c1ccccc1. The van der Waals surface area contributed by atoms with Crippen molar-refractivity contribution in [2.24, 2.45) is 5.92 Å². The number of para-hydroxylation sites is 1.